The van der Waals surface area contributed by atoms with Crippen LogP contribution in [0.1, 0.15) is 111 Å². The molecule has 0 radical (unpaired) electrons. The number of aromatic nitrogens is 2. The van der Waals surface area contributed by atoms with E-state index in [9.17, 15) is 0 Å². The van der Waals surface area contributed by atoms with Gasteiger partial charge in [-0.05, 0) is 315 Å². The second-order valence-corrected chi connectivity index (χ2v) is 37.2. The fourth-order valence-electron chi connectivity index (χ4n) is 22.1. The molecule has 0 N–H and O–H groups in total. The van der Waals surface area contributed by atoms with Crippen LogP contribution >= 0.6 is 0 Å². The van der Waals surface area contributed by atoms with Gasteiger partial charge in [0, 0.05) is 88.7 Å². The van der Waals surface area contributed by atoms with Gasteiger partial charge in [0.05, 0.1) is 22.1 Å². The molecule has 20 aromatic rings. The van der Waals surface area contributed by atoms with Crippen LogP contribution in [0.4, 0.5) is 34.1 Å². The Hall–Kier alpha value is -15.1. The van der Waals surface area contributed by atoms with Crippen molar-refractivity contribution in [2.45, 2.75) is 77.0 Å². The Morgan fingerprint density at radius 1 is 0.183 bits per heavy atom. The van der Waals surface area contributed by atoms with E-state index in [4.69, 9.17) is 0 Å². The lowest BCUT2D eigenvalue weighted by Gasteiger charge is -2.26. The van der Waals surface area contributed by atoms with E-state index < -0.39 is 0 Å². The molecule has 2 heterocycles. The molecule has 0 amide bonds. The minimum absolute atomic E-state index is 0.106. The molecule has 24 rings (SSSR count). The number of benzene rings is 18. The van der Waals surface area contributed by atoms with E-state index in [-0.39, 0.29) is 21.7 Å². The van der Waals surface area contributed by atoms with Crippen LogP contribution in [0.3, 0.4) is 0 Å². The van der Waals surface area contributed by atoms with Crippen molar-refractivity contribution in [3.63, 3.8) is 0 Å². The van der Waals surface area contributed by atoms with E-state index in [0.29, 0.717) is 0 Å². The summed E-state index contributed by atoms with van der Waals surface area (Å²) in [6, 6.07) is 150. The summed E-state index contributed by atoms with van der Waals surface area (Å²) in [5.74, 6) is 0. The molecule has 18 aromatic carbocycles. The minimum atomic E-state index is -0.106. The number of hydrogen-bond acceptors (Lipinski definition) is 2. The Bertz CT molecular complexity index is 7110. The number of rotatable bonds is 14. The van der Waals surface area contributed by atoms with Gasteiger partial charge in [-0.1, -0.05) is 298 Å². The minimum Gasteiger partial charge on any atom is -0.311 e. The third kappa shape index (κ3) is 11.6. The maximum absolute atomic E-state index is 2.47. The zero-order valence-corrected chi connectivity index (χ0v) is 72.0. The molecular weight excluding hydrogens is 1520 g/mol. The van der Waals surface area contributed by atoms with E-state index in [2.05, 4.69) is 487 Å². The largest absolute Gasteiger partial charge is 0.311 e. The molecule has 126 heavy (non-hydrogen) atoms. The van der Waals surface area contributed by atoms with Gasteiger partial charge in [0.1, 0.15) is 0 Å². The van der Waals surface area contributed by atoms with Crippen molar-refractivity contribution in [2.24, 2.45) is 0 Å². The molecule has 0 aliphatic heterocycles. The summed E-state index contributed by atoms with van der Waals surface area (Å²) in [6.07, 6.45) is 4.44. The summed E-state index contributed by atoms with van der Waals surface area (Å²) in [4.78, 5) is 4.72. The predicted octanol–water partition coefficient (Wildman–Crippen LogP) is 32.9. The van der Waals surface area contributed by atoms with Crippen LogP contribution < -0.4 is 9.80 Å². The van der Waals surface area contributed by atoms with E-state index >= 15 is 0 Å². The van der Waals surface area contributed by atoms with Gasteiger partial charge in [0.25, 0.3) is 0 Å². The molecule has 0 atom stereocenters. The summed E-state index contributed by atoms with van der Waals surface area (Å²) in [5, 5.41) is 4.90. The van der Waals surface area contributed by atoms with Gasteiger partial charge in [-0.2, -0.15) is 0 Å². The van der Waals surface area contributed by atoms with Gasteiger partial charge in [-0.25, -0.2) is 0 Å². The molecule has 0 saturated heterocycles. The van der Waals surface area contributed by atoms with Crippen molar-refractivity contribution in [2.75, 3.05) is 9.80 Å². The van der Waals surface area contributed by atoms with Crippen LogP contribution in [0.15, 0.2) is 400 Å². The van der Waals surface area contributed by atoms with Gasteiger partial charge >= 0.3 is 0 Å². The second-order valence-electron chi connectivity index (χ2n) is 37.2. The SMILES string of the molecule is CC1(C)c2ccccc2-c2ccc(-c3ccc4c(c3)c3cc(-c5ccc6c(c5)C(C)(C)c5ccccc5-6)ccc3n4-c3ccc(N(c4ccccc4)c4ccc(C=Cc5ccc(N(c6ccccc6)c6ccc(-n7c8ccc(-c9ccc%10c(c9)C(C)(C)c9ccccc9-%10)cc8c8cc(-c9ccc%10c(c9)C(C)(C)c9ccccc9-%10)ccc87)cc6)cc5)cc4)cc3)cc21. The maximum atomic E-state index is 2.47. The number of hydrogen-bond donors (Lipinski definition) is 0. The Morgan fingerprint density at radius 2 is 0.389 bits per heavy atom. The topological polar surface area (TPSA) is 16.3 Å². The lowest BCUT2D eigenvalue weighted by atomic mass is 9.81. The first-order valence-corrected chi connectivity index (χ1v) is 44.4. The van der Waals surface area contributed by atoms with Gasteiger partial charge in [0.15, 0.2) is 0 Å². The Morgan fingerprint density at radius 3 is 0.651 bits per heavy atom. The normalized spacial score (nSPS) is 14.3. The van der Waals surface area contributed by atoms with Gasteiger partial charge in [-0.3, -0.25) is 0 Å². The fourth-order valence-corrected chi connectivity index (χ4v) is 22.1. The number of para-hydroxylation sites is 2. The zero-order chi connectivity index (χ0) is 84.6. The Labute approximate surface area is 737 Å². The quantitative estimate of drug-likeness (QED) is 0.101. The molecule has 4 nitrogen and oxygen atoms in total. The third-order valence-corrected chi connectivity index (χ3v) is 28.7. The van der Waals surface area contributed by atoms with Crippen LogP contribution in [0, 0.1) is 0 Å². The van der Waals surface area contributed by atoms with Crippen molar-refractivity contribution in [1.29, 1.82) is 0 Å². The molecule has 2 aromatic heterocycles. The molecular formula is C122H92N4. The highest BCUT2D eigenvalue weighted by Crippen LogP contribution is 2.56. The lowest BCUT2D eigenvalue weighted by Crippen LogP contribution is -2.14. The van der Waals surface area contributed by atoms with E-state index in [1.54, 1.807) is 0 Å². The first kappa shape index (κ1) is 74.7. The molecule has 4 heteroatoms. The monoisotopic (exact) mass is 1610 g/mol. The molecule has 0 bridgehead atoms. The standard InChI is InChI=1S/C122H92N4/c1-119(2)107-31-19-15-27-95(107)99-61-41-83(73-111(99)119)79-45-65-115-103(69-79)104-70-80(84-42-62-100-96-28-16-20-32-108(96)120(3,4)112(100)74-84)46-66-116(104)125(115)93-57-53-91(54-58-93)123(87-23-11-9-12-24-87)89-49-37-77(38-50-89)35-36-78-39-51-90(52-40-78)124(88-25-13-10-14-26-88)92-55-59-94(60-56-92)126-117-67-47-81(85-43-63-101-97-29-17-21-33-109(97)121(5,6)113(101)75-85)71-105(117)106-72-82(48-68-118(106)126)86-44-64-102-98-30-18-22-34-110(98)122(7,8)114(102)76-86/h9-76H,1-8H3. The van der Waals surface area contributed by atoms with Gasteiger partial charge < -0.3 is 18.9 Å². The Balaban J connectivity index is 0.526. The van der Waals surface area contributed by atoms with Crippen molar-refractivity contribution in [3.8, 4) is 100 Å². The van der Waals surface area contributed by atoms with Crippen molar-refractivity contribution < 1.29 is 0 Å². The lowest BCUT2D eigenvalue weighted by molar-refractivity contribution is 0.660. The highest BCUT2D eigenvalue weighted by atomic mass is 15.1. The summed E-state index contributed by atoms with van der Waals surface area (Å²) < 4.78 is 4.93. The first-order chi connectivity index (χ1) is 61.5. The van der Waals surface area contributed by atoms with Crippen molar-refractivity contribution in [3.05, 3.63) is 456 Å². The van der Waals surface area contributed by atoms with Crippen LogP contribution in [0.2, 0.25) is 0 Å². The smallest absolute Gasteiger partial charge is 0.0541 e. The number of nitrogens with zero attached hydrogens (tertiary/aromatic N) is 4. The Kier molecular flexibility index (Phi) is 16.7. The predicted molar refractivity (Wildman–Crippen MR) is 532 cm³/mol. The molecule has 0 saturated carbocycles. The number of fused-ring (bicyclic) bond motifs is 18. The fraction of sp³-hybridized carbons (Fsp3) is 0.0984. The van der Waals surface area contributed by atoms with Gasteiger partial charge in [0.2, 0.25) is 0 Å². The van der Waals surface area contributed by atoms with Gasteiger partial charge in [-0.15, -0.1) is 0 Å². The third-order valence-electron chi connectivity index (χ3n) is 28.7. The average Bonchev–Trinajstić information content (AvgIpc) is 1.58. The summed E-state index contributed by atoms with van der Waals surface area (Å²) in [7, 11) is 0. The second kappa shape index (κ2) is 28.2. The highest BCUT2D eigenvalue weighted by Gasteiger charge is 2.40. The molecule has 4 aliphatic rings. The first-order valence-electron chi connectivity index (χ1n) is 44.4. The zero-order valence-electron chi connectivity index (χ0n) is 72.0. The molecule has 0 fully saturated rings. The molecule has 0 unspecified atom stereocenters. The van der Waals surface area contributed by atoms with E-state index in [0.717, 1.165) is 56.6 Å². The van der Waals surface area contributed by atoms with Crippen LogP contribution in [-0.4, -0.2) is 9.13 Å². The summed E-state index contributed by atoms with van der Waals surface area (Å²) in [5.41, 5.74) is 46.6. The van der Waals surface area contributed by atoms with Crippen LogP contribution in [0.25, 0.3) is 156 Å². The van der Waals surface area contributed by atoms with Crippen LogP contribution in [0.5, 0.6) is 0 Å². The number of anilines is 6. The molecule has 0 spiro atoms. The molecule has 600 valence electrons. The van der Waals surface area contributed by atoms with Crippen LogP contribution in [-0.2, 0) is 21.7 Å². The van der Waals surface area contributed by atoms with E-state index in [1.807, 2.05) is 0 Å². The highest BCUT2D eigenvalue weighted by molar-refractivity contribution is 6.14. The average molecular weight is 1610 g/mol. The molecule has 4 aliphatic carbocycles. The van der Waals surface area contributed by atoms with Crippen molar-refractivity contribution in [1.82, 2.24) is 9.13 Å². The summed E-state index contributed by atoms with van der Waals surface area (Å²) in [6.45, 7) is 19.0. The maximum Gasteiger partial charge on any atom is 0.0541 e. The van der Waals surface area contributed by atoms with Crippen molar-refractivity contribution >= 4 is 89.9 Å². The van der Waals surface area contributed by atoms with E-state index in [1.165, 1.54) is 177 Å². The summed E-state index contributed by atoms with van der Waals surface area (Å²) >= 11 is 0.